The zero-order valence-electron chi connectivity index (χ0n) is 11.1. The van der Waals surface area contributed by atoms with Crippen LogP contribution in [0.25, 0.3) is 11.0 Å². The molecule has 0 saturated heterocycles. The van der Waals surface area contributed by atoms with Crippen molar-refractivity contribution in [3.05, 3.63) is 29.6 Å². The van der Waals surface area contributed by atoms with Crippen LogP contribution in [-0.4, -0.2) is 16.1 Å². The predicted molar refractivity (Wildman–Crippen MR) is 72.2 cm³/mol. The van der Waals surface area contributed by atoms with E-state index in [0.717, 1.165) is 17.8 Å². The fraction of sp³-hybridized carbons (Fsp3) is 0.500. The summed E-state index contributed by atoms with van der Waals surface area (Å²) in [5.74, 6) is 1.06. The van der Waals surface area contributed by atoms with Crippen LogP contribution in [0.4, 0.5) is 0 Å². The molecule has 1 aromatic heterocycles. The number of imidazole rings is 1. The van der Waals surface area contributed by atoms with E-state index < -0.39 is 0 Å². The van der Waals surface area contributed by atoms with E-state index in [9.17, 15) is 0 Å². The Labute approximate surface area is 103 Å². The van der Waals surface area contributed by atoms with Crippen LogP contribution in [0.15, 0.2) is 18.2 Å². The summed E-state index contributed by atoms with van der Waals surface area (Å²) in [6.45, 7) is 7.30. The molecule has 0 saturated carbocycles. The van der Waals surface area contributed by atoms with E-state index in [0.29, 0.717) is 6.54 Å². The lowest BCUT2D eigenvalue weighted by atomic mass is 9.87. The zero-order valence-corrected chi connectivity index (χ0v) is 11.1. The molecular weight excluding hydrogens is 210 g/mol. The highest BCUT2D eigenvalue weighted by molar-refractivity contribution is 5.77. The highest BCUT2D eigenvalue weighted by Crippen LogP contribution is 2.26. The standard InChI is InChI=1S/C14H21N3/c1-14(2,3)10-5-6-12-11(9-10)16-13(7-8-15)17(12)4/h5-6,9H,7-8,15H2,1-4H3. The summed E-state index contributed by atoms with van der Waals surface area (Å²) >= 11 is 0. The molecule has 0 spiro atoms. The maximum absolute atomic E-state index is 5.60. The maximum Gasteiger partial charge on any atom is 0.110 e. The van der Waals surface area contributed by atoms with Crippen molar-refractivity contribution in [2.45, 2.75) is 32.6 Å². The van der Waals surface area contributed by atoms with Crippen molar-refractivity contribution >= 4 is 11.0 Å². The highest BCUT2D eigenvalue weighted by atomic mass is 15.1. The Hall–Kier alpha value is -1.35. The molecule has 0 radical (unpaired) electrons. The van der Waals surface area contributed by atoms with E-state index in [2.05, 4.69) is 55.6 Å². The second kappa shape index (κ2) is 4.15. The van der Waals surface area contributed by atoms with Crippen molar-refractivity contribution in [2.75, 3.05) is 6.54 Å². The van der Waals surface area contributed by atoms with Gasteiger partial charge in [-0.3, -0.25) is 0 Å². The molecule has 17 heavy (non-hydrogen) atoms. The summed E-state index contributed by atoms with van der Waals surface area (Å²) in [4.78, 5) is 4.66. The molecule has 2 aromatic rings. The van der Waals surface area contributed by atoms with Crippen LogP contribution in [0.2, 0.25) is 0 Å². The molecule has 3 nitrogen and oxygen atoms in total. The van der Waals surface area contributed by atoms with E-state index in [1.807, 2.05) is 0 Å². The summed E-state index contributed by atoms with van der Waals surface area (Å²) in [6, 6.07) is 6.54. The summed E-state index contributed by atoms with van der Waals surface area (Å²) in [5.41, 5.74) is 9.34. The van der Waals surface area contributed by atoms with E-state index in [4.69, 9.17) is 5.73 Å². The molecule has 1 aromatic carbocycles. The molecule has 2 N–H and O–H groups in total. The Bertz CT molecular complexity index is 532. The number of hydrogen-bond donors (Lipinski definition) is 1. The van der Waals surface area contributed by atoms with Crippen LogP contribution in [0.3, 0.4) is 0 Å². The Morgan fingerprint density at radius 2 is 2.00 bits per heavy atom. The number of fused-ring (bicyclic) bond motifs is 1. The van der Waals surface area contributed by atoms with Gasteiger partial charge in [-0.15, -0.1) is 0 Å². The van der Waals surface area contributed by atoms with Crippen molar-refractivity contribution < 1.29 is 0 Å². The number of benzene rings is 1. The van der Waals surface area contributed by atoms with Gasteiger partial charge < -0.3 is 10.3 Å². The number of rotatable bonds is 2. The topological polar surface area (TPSA) is 43.8 Å². The molecule has 0 amide bonds. The number of nitrogens with two attached hydrogens (primary N) is 1. The third-order valence-electron chi connectivity index (χ3n) is 3.21. The molecule has 0 aliphatic rings. The molecular formula is C14H21N3. The summed E-state index contributed by atoms with van der Waals surface area (Å²) in [5, 5.41) is 0. The molecule has 0 fully saturated rings. The second-order valence-corrected chi connectivity index (χ2v) is 5.58. The lowest BCUT2D eigenvalue weighted by Gasteiger charge is -2.18. The van der Waals surface area contributed by atoms with Crippen LogP contribution in [0.5, 0.6) is 0 Å². The number of aromatic nitrogens is 2. The van der Waals surface area contributed by atoms with E-state index >= 15 is 0 Å². The monoisotopic (exact) mass is 231 g/mol. The molecule has 0 bridgehead atoms. The van der Waals surface area contributed by atoms with Crippen LogP contribution < -0.4 is 5.73 Å². The summed E-state index contributed by atoms with van der Waals surface area (Å²) in [6.07, 6.45) is 0.829. The molecule has 92 valence electrons. The quantitative estimate of drug-likeness (QED) is 0.862. The van der Waals surface area contributed by atoms with Crippen molar-refractivity contribution in [2.24, 2.45) is 12.8 Å². The van der Waals surface area contributed by atoms with E-state index in [1.54, 1.807) is 0 Å². The fourth-order valence-corrected chi connectivity index (χ4v) is 2.07. The minimum Gasteiger partial charge on any atom is -0.331 e. The highest BCUT2D eigenvalue weighted by Gasteiger charge is 2.15. The molecule has 0 atom stereocenters. The van der Waals surface area contributed by atoms with Gasteiger partial charge >= 0.3 is 0 Å². The number of nitrogens with zero attached hydrogens (tertiary/aromatic N) is 2. The van der Waals surface area contributed by atoms with E-state index in [-0.39, 0.29) is 5.41 Å². The number of aryl methyl sites for hydroxylation is 1. The first-order chi connectivity index (χ1) is 7.93. The predicted octanol–water partition coefficient (Wildman–Crippen LogP) is 2.37. The minimum absolute atomic E-state index is 0.166. The Morgan fingerprint density at radius 1 is 1.29 bits per heavy atom. The first-order valence-corrected chi connectivity index (χ1v) is 6.09. The van der Waals surface area contributed by atoms with Gasteiger partial charge in [0, 0.05) is 13.5 Å². The Balaban J connectivity index is 2.56. The fourth-order valence-electron chi connectivity index (χ4n) is 2.07. The molecule has 0 aliphatic carbocycles. The second-order valence-electron chi connectivity index (χ2n) is 5.58. The van der Waals surface area contributed by atoms with Gasteiger partial charge in [-0.1, -0.05) is 26.8 Å². The molecule has 0 unspecified atom stereocenters. The Morgan fingerprint density at radius 3 is 2.59 bits per heavy atom. The van der Waals surface area contributed by atoms with Gasteiger partial charge in [0.1, 0.15) is 5.82 Å². The van der Waals surface area contributed by atoms with Gasteiger partial charge in [-0.05, 0) is 29.7 Å². The van der Waals surface area contributed by atoms with E-state index in [1.165, 1.54) is 11.1 Å². The van der Waals surface area contributed by atoms with Crippen molar-refractivity contribution in [3.8, 4) is 0 Å². The minimum atomic E-state index is 0.166. The summed E-state index contributed by atoms with van der Waals surface area (Å²) in [7, 11) is 2.05. The lowest BCUT2D eigenvalue weighted by Crippen LogP contribution is -2.10. The maximum atomic E-state index is 5.60. The molecule has 3 heteroatoms. The van der Waals surface area contributed by atoms with Crippen LogP contribution >= 0.6 is 0 Å². The summed E-state index contributed by atoms with van der Waals surface area (Å²) < 4.78 is 2.13. The smallest absolute Gasteiger partial charge is 0.110 e. The van der Waals surface area contributed by atoms with Gasteiger partial charge in [0.05, 0.1) is 11.0 Å². The SMILES string of the molecule is Cn1c(CCN)nc2cc(C(C)(C)C)ccc21. The van der Waals surface area contributed by atoms with Crippen molar-refractivity contribution in [1.82, 2.24) is 9.55 Å². The van der Waals surface area contributed by atoms with Gasteiger partial charge in [-0.2, -0.15) is 0 Å². The average molecular weight is 231 g/mol. The van der Waals surface area contributed by atoms with Gasteiger partial charge in [0.2, 0.25) is 0 Å². The Kier molecular flexibility index (Phi) is 2.96. The first kappa shape index (κ1) is 12.1. The third-order valence-corrected chi connectivity index (χ3v) is 3.21. The normalized spacial score (nSPS) is 12.3. The third kappa shape index (κ3) is 2.20. The van der Waals surface area contributed by atoms with Gasteiger partial charge in [0.15, 0.2) is 0 Å². The van der Waals surface area contributed by atoms with Crippen LogP contribution in [0, 0.1) is 0 Å². The molecule has 0 aliphatic heterocycles. The van der Waals surface area contributed by atoms with Gasteiger partial charge in [0.25, 0.3) is 0 Å². The average Bonchev–Trinajstić information content (AvgIpc) is 2.55. The van der Waals surface area contributed by atoms with Crippen LogP contribution in [-0.2, 0) is 18.9 Å². The van der Waals surface area contributed by atoms with Gasteiger partial charge in [-0.25, -0.2) is 4.98 Å². The lowest BCUT2D eigenvalue weighted by molar-refractivity contribution is 0.591. The zero-order chi connectivity index (χ0) is 12.6. The largest absolute Gasteiger partial charge is 0.331 e. The van der Waals surface area contributed by atoms with Crippen molar-refractivity contribution in [1.29, 1.82) is 0 Å². The first-order valence-electron chi connectivity index (χ1n) is 6.09. The molecule has 2 rings (SSSR count). The van der Waals surface area contributed by atoms with Crippen molar-refractivity contribution in [3.63, 3.8) is 0 Å². The van der Waals surface area contributed by atoms with Crippen LogP contribution in [0.1, 0.15) is 32.2 Å². The number of hydrogen-bond acceptors (Lipinski definition) is 2. The molecule has 1 heterocycles.